The lowest BCUT2D eigenvalue weighted by Crippen LogP contribution is -2.43. The molecule has 0 saturated carbocycles. The standard InChI is InChI=1S/C12H23NO2/c1-9(2)8-11-4-6-13(7-5-11)12(15)10(3)14/h9-11,14H,4-8H2,1-3H3/t10-/m1/s1. The van der Waals surface area contributed by atoms with Crippen molar-refractivity contribution in [1.82, 2.24) is 4.90 Å². The van der Waals surface area contributed by atoms with Gasteiger partial charge < -0.3 is 10.0 Å². The topological polar surface area (TPSA) is 40.5 Å². The highest BCUT2D eigenvalue weighted by atomic mass is 16.3. The van der Waals surface area contributed by atoms with Gasteiger partial charge in [0.05, 0.1) is 0 Å². The Hall–Kier alpha value is -0.570. The summed E-state index contributed by atoms with van der Waals surface area (Å²) in [6, 6.07) is 0. The van der Waals surface area contributed by atoms with Crippen LogP contribution in [-0.2, 0) is 4.79 Å². The third-order valence-corrected chi connectivity index (χ3v) is 3.09. The monoisotopic (exact) mass is 213 g/mol. The lowest BCUT2D eigenvalue weighted by atomic mass is 9.88. The predicted molar refractivity (Wildman–Crippen MR) is 60.4 cm³/mol. The average Bonchev–Trinajstić information content (AvgIpc) is 2.17. The molecular formula is C12H23NO2. The fourth-order valence-corrected chi connectivity index (χ4v) is 2.32. The van der Waals surface area contributed by atoms with E-state index in [9.17, 15) is 9.90 Å². The number of rotatable bonds is 3. The number of piperidine rings is 1. The molecule has 0 spiro atoms. The first-order valence-corrected chi connectivity index (χ1v) is 5.97. The Morgan fingerprint density at radius 1 is 1.33 bits per heavy atom. The zero-order chi connectivity index (χ0) is 11.4. The molecule has 3 heteroatoms. The van der Waals surface area contributed by atoms with Crippen LogP contribution in [0.1, 0.15) is 40.0 Å². The number of likely N-dealkylation sites (tertiary alicyclic amines) is 1. The summed E-state index contributed by atoms with van der Waals surface area (Å²) in [4.78, 5) is 13.3. The Bertz CT molecular complexity index is 206. The summed E-state index contributed by atoms with van der Waals surface area (Å²) in [7, 11) is 0. The van der Waals surface area contributed by atoms with Gasteiger partial charge in [-0.2, -0.15) is 0 Å². The molecule has 0 radical (unpaired) electrons. The SMILES string of the molecule is CC(C)CC1CCN(C(=O)[C@@H](C)O)CC1. The minimum Gasteiger partial charge on any atom is -0.384 e. The van der Waals surface area contributed by atoms with Crippen LogP contribution in [0.25, 0.3) is 0 Å². The molecular weight excluding hydrogens is 190 g/mol. The van der Waals surface area contributed by atoms with Crippen molar-refractivity contribution in [2.75, 3.05) is 13.1 Å². The van der Waals surface area contributed by atoms with Crippen LogP contribution in [0.3, 0.4) is 0 Å². The summed E-state index contributed by atoms with van der Waals surface area (Å²) in [6.45, 7) is 7.67. The Labute approximate surface area is 92.5 Å². The maximum atomic E-state index is 11.5. The first-order chi connectivity index (χ1) is 7.00. The minimum atomic E-state index is -0.841. The Kier molecular flexibility index (Phi) is 4.58. The van der Waals surface area contributed by atoms with E-state index >= 15 is 0 Å². The van der Waals surface area contributed by atoms with E-state index in [1.54, 1.807) is 11.8 Å². The van der Waals surface area contributed by atoms with Gasteiger partial charge in [-0.15, -0.1) is 0 Å². The second-order valence-corrected chi connectivity index (χ2v) is 5.07. The molecule has 1 aliphatic rings. The van der Waals surface area contributed by atoms with Gasteiger partial charge in [-0.05, 0) is 38.0 Å². The molecule has 15 heavy (non-hydrogen) atoms. The fraction of sp³-hybridized carbons (Fsp3) is 0.917. The molecule has 0 aromatic carbocycles. The van der Waals surface area contributed by atoms with Crippen LogP contribution in [-0.4, -0.2) is 35.1 Å². The second kappa shape index (κ2) is 5.50. The highest BCUT2D eigenvalue weighted by molar-refractivity contribution is 5.80. The molecule has 0 aromatic heterocycles. The summed E-state index contributed by atoms with van der Waals surface area (Å²) < 4.78 is 0. The van der Waals surface area contributed by atoms with Crippen LogP contribution in [0, 0.1) is 11.8 Å². The predicted octanol–water partition coefficient (Wildman–Crippen LogP) is 1.65. The van der Waals surface area contributed by atoms with Crippen molar-refractivity contribution in [3.63, 3.8) is 0 Å². The number of hydrogen-bond acceptors (Lipinski definition) is 2. The lowest BCUT2D eigenvalue weighted by Gasteiger charge is -2.33. The van der Waals surface area contributed by atoms with Gasteiger partial charge in [0.25, 0.3) is 5.91 Å². The maximum absolute atomic E-state index is 11.5. The van der Waals surface area contributed by atoms with Crippen molar-refractivity contribution < 1.29 is 9.90 Å². The van der Waals surface area contributed by atoms with Gasteiger partial charge in [-0.25, -0.2) is 0 Å². The van der Waals surface area contributed by atoms with Crippen molar-refractivity contribution in [2.45, 2.75) is 46.1 Å². The molecule has 1 fully saturated rings. The van der Waals surface area contributed by atoms with Crippen molar-refractivity contribution in [3.05, 3.63) is 0 Å². The van der Waals surface area contributed by atoms with Crippen molar-refractivity contribution in [2.24, 2.45) is 11.8 Å². The molecule has 1 rings (SSSR count). The molecule has 1 amide bonds. The van der Waals surface area contributed by atoms with Gasteiger partial charge in [0.15, 0.2) is 0 Å². The second-order valence-electron chi connectivity index (χ2n) is 5.07. The number of carbonyl (C=O) groups excluding carboxylic acids is 1. The van der Waals surface area contributed by atoms with Crippen LogP contribution in [0.15, 0.2) is 0 Å². The smallest absolute Gasteiger partial charge is 0.251 e. The largest absolute Gasteiger partial charge is 0.384 e. The van der Waals surface area contributed by atoms with Crippen molar-refractivity contribution in [3.8, 4) is 0 Å². The summed E-state index contributed by atoms with van der Waals surface area (Å²) in [5.74, 6) is 1.40. The molecule has 1 aliphatic heterocycles. The Morgan fingerprint density at radius 2 is 1.87 bits per heavy atom. The molecule has 1 saturated heterocycles. The third-order valence-electron chi connectivity index (χ3n) is 3.09. The van der Waals surface area contributed by atoms with Crippen molar-refractivity contribution >= 4 is 5.91 Å². The number of nitrogens with zero attached hydrogens (tertiary/aromatic N) is 1. The van der Waals surface area contributed by atoms with Crippen LogP contribution < -0.4 is 0 Å². The average molecular weight is 213 g/mol. The van der Waals surface area contributed by atoms with Crippen molar-refractivity contribution in [1.29, 1.82) is 0 Å². The number of hydrogen-bond donors (Lipinski definition) is 1. The van der Waals surface area contributed by atoms with Gasteiger partial charge in [-0.3, -0.25) is 4.79 Å². The molecule has 1 heterocycles. The summed E-state index contributed by atoms with van der Waals surface area (Å²) in [6.07, 6.45) is 2.61. The van der Waals surface area contributed by atoms with E-state index < -0.39 is 6.10 Å². The minimum absolute atomic E-state index is 0.113. The van der Waals surface area contributed by atoms with Gasteiger partial charge in [0.2, 0.25) is 0 Å². The molecule has 0 unspecified atom stereocenters. The van der Waals surface area contributed by atoms with Crippen LogP contribution in [0.4, 0.5) is 0 Å². The van der Waals surface area contributed by atoms with E-state index in [0.29, 0.717) is 0 Å². The van der Waals surface area contributed by atoms with E-state index in [-0.39, 0.29) is 5.91 Å². The van der Waals surface area contributed by atoms with Crippen LogP contribution in [0.2, 0.25) is 0 Å². The number of aliphatic hydroxyl groups excluding tert-OH is 1. The van der Waals surface area contributed by atoms with Crippen LogP contribution >= 0.6 is 0 Å². The summed E-state index contributed by atoms with van der Waals surface area (Å²) >= 11 is 0. The Morgan fingerprint density at radius 3 is 2.27 bits per heavy atom. The number of amides is 1. The molecule has 0 bridgehead atoms. The number of aliphatic hydroxyl groups is 1. The van der Waals surface area contributed by atoms with E-state index in [2.05, 4.69) is 13.8 Å². The molecule has 88 valence electrons. The zero-order valence-corrected chi connectivity index (χ0v) is 10.1. The first kappa shape index (κ1) is 12.5. The van der Waals surface area contributed by atoms with E-state index in [1.807, 2.05) is 0 Å². The fourth-order valence-electron chi connectivity index (χ4n) is 2.32. The highest BCUT2D eigenvalue weighted by Crippen LogP contribution is 2.24. The highest BCUT2D eigenvalue weighted by Gasteiger charge is 2.25. The maximum Gasteiger partial charge on any atom is 0.251 e. The van der Waals surface area contributed by atoms with Gasteiger partial charge in [0, 0.05) is 13.1 Å². The Balaban J connectivity index is 2.32. The van der Waals surface area contributed by atoms with Crippen LogP contribution in [0.5, 0.6) is 0 Å². The van der Waals surface area contributed by atoms with Gasteiger partial charge in [-0.1, -0.05) is 13.8 Å². The van der Waals surface area contributed by atoms with Gasteiger partial charge >= 0.3 is 0 Å². The summed E-state index contributed by atoms with van der Waals surface area (Å²) in [5.41, 5.74) is 0. The first-order valence-electron chi connectivity index (χ1n) is 5.97. The molecule has 0 aromatic rings. The third kappa shape index (κ3) is 3.82. The van der Waals surface area contributed by atoms with Gasteiger partial charge in [0.1, 0.15) is 6.10 Å². The summed E-state index contributed by atoms with van der Waals surface area (Å²) in [5, 5.41) is 9.19. The zero-order valence-electron chi connectivity index (χ0n) is 10.1. The lowest BCUT2D eigenvalue weighted by molar-refractivity contribution is -0.140. The molecule has 3 nitrogen and oxygen atoms in total. The van der Waals surface area contributed by atoms with E-state index in [4.69, 9.17) is 0 Å². The number of carbonyl (C=O) groups is 1. The normalized spacial score (nSPS) is 20.7. The molecule has 1 atom stereocenters. The molecule has 1 N–H and O–H groups in total. The van der Waals surface area contributed by atoms with E-state index in [0.717, 1.165) is 37.8 Å². The molecule has 0 aliphatic carbocycles. The van der Waals surface area contributed by atoms with E-state index in [1.165, 1.54) is 6.42 Å². The quantitative estimate of drug-likeness (QED) is 0.774.